The van der Waals surface area contributed by atoms with Gasteiger partial charge in [0.15, 0.2) is 12.4 Å². The fraction of sp³-hybridized carbons (Fsp3) is 0.409. The molecule has 2 rings (SSSR count). The molecule has 0 N–H and O–H groups in total. The van der Waals surface area contributed by atoms with Crippen molar-refractivity contribution in [3.63, 3.8) is 0 Å². The van der Waals surface area contributed by atoms with E-state index in [0.717, 1.165) is 18.8 Å². The quantitative estimate of drug-likeness (QED) is 0.354. The van der Waals surface area contributed by atoms with E-state index in [4.69, 9.17) is 0 Å². The lowest BCUT2D eigenvalue weighted by molar-refractivity contribution is -0.693. The number of aryl methyl sites for hydroxylation is 1. The number of hydrogen-bond donors (Lipinski definition) is 1. The van der Waals surface area contributed by atoms with E-state index < -0.39 is 0 Å². The SMILES string of the molecule is CC[n+]1ccc(/C=C/c2ccc(N(C)CCCCCCS)cc2)cc1. The molecule has 0 saturated heterocycles. The minimum absolute atomic E-state index is 1.01. The van der Waals surface area contributed by atoms with Crippen LogP contribution in [0.4, 0.5) is 5.69 Å². The average Bonchev–Trinajstić information content (AvgIpc) is 2.67. The van der Waals surface area contributed by atoms with E-state index in [2.05, 4.69) is 97.0 Å². The summed E-state index contributed by atoms with van der Waals surface area (Å²) in [6.45, 7) is 4.27. The average molecular weight is 356 g/mol. The predicted octanol–water partition coefficient (Wildman–Crippen LogP) is 5.09. The van der Waals surface area contributed by atoms with E-state index in [1.165, 1.54) is 42.5 Å². The van der Waals surface area contributed by atoms with Crippen LogP contribution in [0.2, 0.25) is 0 Å². The molecule has 0 bridgehead atoms. The lowest BCUT2D eigenvalue weighted by Gasteiger charge is -2.19. The van der Waals surface area contributed by atoms with Crippen molar-refractivity contribution in [3.8, 4) is 0 Å². The summed E-state index contributed by atoms with van der Waals surface area (Å²) in [5, 5.41) is 0. The van der Waals surface area contributed by atoms with Crippen LogP contribution in [0, 0.1) is 0 Å². The fourth-order valence-corrected chi connectivity index (χ4v) is 2.99. The van der Waals surface area contributed by atoms with Crippen LogP contribution >= 0.6 is 12.6 Å². The van der Waals surface area contributed by atoms with Gasteiger partial charge in [-0.15, -0.1) is 0 Å². The van der Waals surface area contributed by atoms with E-state index in [1.807, 2.05) is 0 Å². The van der Waals surface area contributed by atoms with Crippen molar-refractivity contribution in [2.24, 2.45) is 0 Å². The number of anilines is 1. The van der Waals surface area contributed by atoms with Gasteiger partial charge >= 0.3 is 0 Å². The van der Waals surface area contributed by atoms with Gasteiger partial charge < -0.3 is 4.90 Å². The second-order valence-electron chi connectivity index (χ2n) is 6.45. The number of thiol groups is 1. The van der Waals surface area contributed by atoms with Crippen LogP contribution in [0.25, 0.3) is 12.2 Å². The fourth-order valence-electron chi connectivity index (χ4n) is 2.77. The molecule has 2 nitrogen and oxygen atoms in total. The second-order valence-corrected chi connectivity index (χ2v) is 6.89. The van der Waals surface area contributed by atoms with Crippen molar-refractivity contribution in [2.45, 2.75) is 39.2 Å². The Balaban J connectivity index is 1.84. The molecule has 1 heterocycles. The molecule has 0 atom stereocenters. The maximum atomic E-state index is 4.26. The van der Waals surface area contributed by atoms with Crippen LogP contribution in [0.5, 0.6) is 0 Å². The molecule has 3 heteroatoms. The Kier molecular flexibility index (Phi) is 8.61. The zero-order valence-electron chi connectivity index (χ0n) is 15.6. The molecule has 0 aliphatic carbocycles. The summed E-state index contributed by atoms with van der Waals surface area (Å²) in [4.78, 5) is 2.34. The first kappa shape index (κ1) is 19.6. The molecule has 0 amide bonds. The molecule has 0 aliphatic rings. The maximum Gasteiger partial charge on any atom is 0.169 e. The Bertz CT molecular complexity index is 632. The first-order valence-electron chi connectivity index (χ1n) is 9.32. The van der Waals surface area contributed by atoms with Crippen LogP contribution in [-0.4, -0.2) is 19.3 Å². The van der Waals surface area contributed by atoms with Gasteiger partial charge in [-0.25, -0.2) is 4.57 Å². The molecule has 0 saturated carbocycles. The number of unbranched alkanes of at least 4 members (excludes halogenated alkanes) is 3. The van der Waals surface area contributed by atoms with Crippen molar-refractivity contribution >= 4 is 30.5 Å². The van der Waals surface area contributed by atoms with E-state index in [-0.39, 0.29) is 0 Å². The number of aromatic nitrogens is 1. The van der Waals surface area contributed by atoms with Crippen molar-refractivity contribution in [3.05, 3.63) is 59.9 Å². The molecule has 0 aliphatic heterocycles. The molecule has 2 aromatic rings. The molecule has 25 heavy (non-hydrogen) atoms. The van der Waals surface area contributed by atoms with Crippen molar-refractivity contribution in [1.29, 1.82) is 0 Å². The minimum atomic E-state index is 1.01. The molecule has 0 fully saturated rings. The summed E-state index contributed by atoms with van der Waals surface area (Å²) in [6, 6.07) is 13.1. The van der Waals surface area contributed by atoms with Crippen molar-refractivity contribution in [2.75, 3.05) is 24.2 Å². The summed E-state index contributed by atoms with van der Waals surface area (Å²) in [7, 11) is 2.18. The van der Waals surface area contributed by atoms with Crippen LogP contribution in [0.3, 0.4) is 0 Å². The lowest BCUT2D eigenvalue weighted by Crippen LogP contribution is -2.30. The van der Waals surface area contributed by atoms with Gasteiger partial charge in [0, 0.05) is 31.4 Å². The highest BCUT2D eigenvalue weighted by atomic mass is 32.1. The largest absolute Gasteiger partial charge is 0.375 e. The second kappa shape index (κ2) is 11.0. The smallest absolute Gasteiger partial charge is 0.169 e. The van der Waals surface area contributed by atoms with Crippen LogP contribution in [0.1, 0.15) is 43.7 Å². The standard InChI is InChI=1S/C22H30N2S/c1-3-24-17-14-21(15-18-24)9-8-20-10-12-22(13-11-20)23(2)16-6-4-5-7-19-25/h8-15,17-18H,3-7,16,19H2,1-2H3/p+1. The number of benzene rings is 1. The predicted molar refractivity (Wildman–Crippen MR) is 113 cm³/mol. The van der Waals surface area contributed by atoms with Gasteiger partial charge in [-0.05, 0) is 48.8 Å². The molecule has 1 aromatic heterocycles. The Hall–Kier alpha value is -1.74. The van der Waals surface area contributed by atoms with Gasteiger partial charge in [0.05, 0.1) is 0 Å². The normalized spacial score (nSPS) is 11.2. The van der Waals surface area contributed by atoms with Crippen LogP contribution < -0.4 is 9.47 Å². The highest BCUT2D eigenvalue weighted by Gasteiger charge is 2.00. The summed E-state index contributed by atoms with van der Waals surface area (Å²) in [6.07, 6.45) is 13.6. The van der Waals surface area contributed by atoms with Gasteiger partial charge in [0.25, 0.3) is 0 Å². The summed E-state index contributed by atoms with van der Waals surface area (Å²) in [5.74, 6) is 1.01. The summed E-state index contributed by atoms with van der Waals surface area (Å²) in [5.41, 5.74) is 3.75. The van der Waals surface area contributed by atoms with E-state index >= 15 is 0 Å². The third-order valence-corrected chi connectivity index (χ3v) is 4.80. The highest BCUT2D eigenvalue weighted by Crippen LogP contribution is 2.16. The lowest BCUT2D eigenvalue weighted by atomic mass is 10.1. The topological polar surface area (TPSA) is 7.12 Å². The third kappa shape index (κ3) is 6.95. The van der Waals surface area contributed by atoms with Crippen LogP contribution in [0.15, 0.2) is 48.8 Å². The van der Waals surface area contributed by atoms with E-state index in [9.17, 15) is 0 Å². The van der Waals surface area contributed by atoms with Crippen molar-refractivity contribution in [1.82, 2.24) is 0 Å². The zero-order chi connectivity index (χ0) is 17.9. The Labute approximate surface area is 158 Å². The number of pyridine rings is 1. The number of rotatable bonds is 10. The van der Waals surface area contributed by atoms with Gasteiger partial charge in [0.1, 0.15) is 6.54 Å². The highest BCUT2D eigenvalue weighted by molar-refractivity contribution is 7.80. The van der Waals surface area contributed by atoms with Gasteiger partial charge in [0.2, 0.25) is 0 Å². The van der Waals surface area contributed by atoms with Crippen molar-refractivity contribution < 1.29 is 4.57 Å². The Morgan fingerprint density at radius 1 is 0.880 bits per heavy atom. The van der Waals surface area contributed by atoms with Gasteiger partial charge in [-0.1, -0.05) is 37.1 Å². The number of hydrogen-bond acceptors (Lipinski definition) is 2. The summed E-state index contributed by atoms with van der Waals surface area (Å²) < 4.78 is 2.17. The monoisotopic (exact) mass is 355 g/mol. The van der Waals surface area contributed by atoms with E-state index in [0.29, 0.717) is 0 Å². The molecule has 1 aromatic carbocycles. The molecule has 134 valence electrons. The Morgan fingerprint density at radius 3 is 2.08 bits per heavy atom. The Morgan fingerprint density at radius 2 is 1.48 bits per heavy atom. The first-order chi connectivity index (χ1) is 12.2. The van der Waals surface area contributed by atoms with Crippen LogP contribution in [-0.2, 0) is 6.54 Å². The summed E-state index contributed by atoms with van der Waals surface area (Å²) >= 11 is 4.26. The van der Waals surface area contributed by atoms with E-state index in [1.54, 1.807) is 0 Å². The first-order valence-corrected chi connectivity index (χ1v) is 9.95. The van der Waals surface area contributed by atoms with Gasteiger partial charge in [-0.3, -0.25) is 0 Å². The van der Waals surface area contributed by atoms with Gasteiger partial charge in [-0.2, -0.15) is 12.6 Å². The molecule has 0 unspecified atom stereocenters. The molecular formula is C22H31N2S+. The number of nitrogens with zero attached hydrogens (tertiary/aromatic N) is 2. The minimum Gasteiger partial charge on any atom is -0.375 e. The molecule has 0 radical (unpaired) electrons. The molecular weight excluding hydrogens is 324 g/mol. The molecule has 0 spiro atoms. The third-order valence-electron chi connectivity index (χ3n) is 4.49. The maximum absolute atomic E-state index is 4.26. The zero-order valence-corrected chi connectivity index (χ0v) is 16.5.